The van der Waals surface area contributed by atoms with E-state index >= 15 is 0 Å². The number of carbonyl (C=O) groups excluding carboxylic acids is 1. The van der Waals surface area contributed by atoms with Gasteiger partial charge in [0, 0.05) is 26.2 Å². The topological polar surface area (TPSA) is 23.6 Å². The van der Waals surface area contributed by atoms with Gasteiger partial charge < -0.3 is 9.80 Å². The summed E-state index contributed by atoms with van der Waals surface area (Å²) in [7, 11) is 0. The fourth-order valence-electron chi connectivity index (χ4n) is 3.02. The second-order valence-electron chi connectivity index (χ2n) is 7.09. The maximum absolute atomic E-state index is 13.1. The molecule has 0 N–H and O–H groups in total. The molecule has 0 fully saturated rings. The molecule has 2 amide bonds. The Morgan fingerprint density at radius 1 is 0.500 bits per heavy atom. The van der Waals surface area contributed by atoms with Crippen LogP contribution in [-0.4, -0.2) is 42.0 Å². The minimum Gasteiger partial charge on any atom is -0.325 e. The number of unbranched alkanes of at least 4 members (excludes halogenated alkanes) is 8. The molecule has 0 spiro atoms. The van der Waals surface area contributed by atoms with Gasteiger partial charge in [0.25, 0.3) is 0 Å². The van der Waals surface area contributed by atoms with Crippen molar-refractivity contribution in [1.82, 2.24) is 9.80 Å². The van der Waals surface area contributed by atoms with Crippen LogP contribution in [0.5, 0.6) is 0 Å². The Bertz CT molecular complexity index is 235. The van der Waals surface area contributed by atoms with Crippen LogP contribution < -0.4 is 0 Å². The lowest BCUT2D eigenvalue weighted by atomic mass is 10.2. The molecule has 0 aromatic carbocycles. The van der Waals surface area contributed by atoms with Gasteiger partial charge in [0.2, 0.25) is 0 Å². The van der Waals surface area contributed by atoms with E-state index in [4.69, 9.17) is 0 Å². The van der Waals surface area contributed by atoms with Crippen molar-refractivity contribution in [3.05, 3.63) is 0 Å². The molecule has 0 aliphatic carbocycles. The fourth-order valence-corrected chi connectivity index (χ4v) is 3.02. The van der Waals surface area contributed by atoms with Crippen molar-refractivity contribution < 1.29 is 4.79 Å². The Morgan fingerprint density at radius 3 is 0.958 bits per heavy atom. The van der Waals surface area contributed by atoms with E-state index in [9.17, 15) is 4.79 Å². The number of amides is 2. The van der Waals surface area contributed by atoms with E-state index in [1.54, 1.807) is 0 Å². The summed E-state index contributed by atoms with van der Waals surface area (Å²) in [6, 6.07) is 0.300. The minimum atomic E-state index is 0.300. The Hall–Kier alpha value is -0.730. The molecule has 0 rings (SSSR count). The van der Waals surface area contributed by atoms with Gasteiger partial charge in [0.15, 0.2) is 0 Å². The van der Waals surface area contributed by atoms with E-state index < -0.39 is 0 Å². The van der Waals surface area contributed by atoms with Gasteiger partial charge >= 0.3 is 6.03 Å². The van der Waals surface area contributed by atoms with Crippen LogP contribution >= 0.6 is 0 Å². The highest BCUT2D eigenvalue weighted by Gasteiger charge is 2.19. The van der Waals surface area contributed by atoms with Gasteiger partial charge in [0.1, 0.15) is 0 Å². The van der Waals surface area contributed by atoms with E-state index in [1.165, 1.54) is 51.4 Å². The first-order valence-electron chi connectivity index (χ1n) is 10.7. The quantitative estimate of drug-likeness (QED) is 0.295. The smallest absolute Gasteiger partial charge is 0.319 e. The molecule has 0 saturated heterocycles. The van der Waals surface area contributed by atoms with Crippen molar-refractivity contribution in [2.24, 2.45) is 0 Å². The molecule has 0 aromatic heterocycles. The number of hydrogen-bond acceptors (Lipinski definition) is 1. The Morgan fingerprint density at radius 2 is 0.750 bits per heavy atom. The molecular weight excluding hydrogens is 296 g/mol. The van der Waals surface area contributed by atoms with Crippen LogP contribution in [0.1, 0.15) is 105 Å². The second-order valence-corrected chi connectivity index (χ2v) is 7.09. The zero-order valence-electron chi connectivity index (χ0n) is 17.1. The van der Waals surface area contributed by atoms with Gasteiger partial charge in [-0.2, -0.15) is 0 Å². The molecular formula is C21H44N2O. The van der Waals surface area contributed by atoms with Crippen LogP contribution in [-0.2, 0) is 0 Å². The Labute approximate surface area is 152 Å². The molecule has 0 heterocycles. The van der Waals surface area contributed by atoms with Crippen molar-refractivity contribution in [3.63, 3.8) is 0 Å². The van der Waals surface area contributed by atoms with Crippen LogP contribution in [0.15, 0.2) is 0 Å². The summed E-state index contributed by atoms with van der Waals surface area (Å²) < 4.78 is 0. The molecule has 0 bridgehead atoms. The van der Waals surface area contributed by atoms with Crippen molar-refractivity contribution in [2.75, 3.05) is 26.2 Å². The van der Waals surface area contributed by atoms with E-state index in [-0.39, 0.29) is 0 Å². The normalized spacial score (nSPS) is 10.8. The summed E-state index contributed by atoms with van der Waals surface area (Å²) in [5.41, 5.74) is 0. The lowest BCUT2D eigenvalue weighted by Gasteiger charge is -2.31. The predicted molar refractivity (Wildman–Crippen MR) is 107 cm³/mol. The summed E-state index contributed by atoms with van der Waals surface area (Å²) >= 11 is 0. The summed E-state index contributed by atoms with van der Waals surface area (Å²) in [6.07, 6.45) is 14.3. The first-order valence-corrected chi connectivity index (χ1v) is 10.7. The van der Waals surface area contributed by atoms with E-state index in [1.807, 2.05) is 0 Å². The standard InChI is InChI=1S/C21H44N2O/c1-5-9-13-17-22(18-14-10-6-2)21(24)23(19-15-11-7-3)20-16-12-8-4/h5-20H2,1-4H3. The average molecular weight is 341 g/mol. The van der Waals surface area contributed by atoms with Crippen molar-refractivity contribution in [1.29, 1.82) is 0 Å². The Balaban J connectivity index is 4.65. The zero-order valence-corrected chi connectivity index (χ0v) is 17.1. The lowest BCUT2D eigenvalue weighted by molar-refractivity contribution is 0.148. The zero-order chi connectivity index (χ0) is 18.0. The molecule has 0 saturated carbocycles. The van der Waals surface area contributed by atoms with Crippen molar-refractivity contribution in [3.8, 4) is 0 Å². The molecule has 3 nitrogen and oxygen atoms in total. The molecule has 0 aliphatic heterocycles. The van der Waals surface area contributed by atoms with Crippen LogP contribution in [0.2, 0.25) is 0 Å². The largest absolute Gasteiger partial charge is 0.325 e. The third-order valence-electron chi connectivity index (χ3n) is 4.67. The van der Waals surface area contributed by atoms with E-state index in [0.717, 1.165) is 51.9 Å². The molecule has 0 unspecified atom stereocenters. The summed E-state index contributed by atoms with van der Waals surface area (Å²) in [6.45, 7) is 12.7. The van der Waals surface area contributed by atoms with Gasteiger partial charge in [-0.15, -0.1) is 0 Å². The van der Waals surface area contributed by atoms with Crippen LogP contribution in [0.3, 0.4) is 0 Å². The number of urea groups is 1. The SMILES string of the molecule is CCCCCN(CCCCC)C(=O)N(CCCCC)CCCCC. The predicted octanol–water partition coefficient (Wildman–Crippen LogP) is 6.47. The minimum absolute atomic E-state index is 0.300. The third kappa shape index (κ3) is 11.8. The van der Waals surface area contributed by atoms with Gasteiger partial charge in [0.05, 0.1) is 0 Å². The van der Waals surface area contributed by atoms with Crippen molar-refractivity contribution in [2.45, 2.75) is 105 Å². The monoisotopic (exact) mass is 340 g/mol. The fraction of sp³-hybridized carbons (Fsp3) is 0.952. The van der Waals surface area contributed by atoms with Gasteiger partial charge in [-0.25, -0.2) is 4.79 Å². The third-order valence-corrected chi connectivity index (χ3v) is 4.67. The second kappa shape index (κ2) is 17.1. The first-order chi connectivity index (χ1) is 11.7. The maximum Gasteiger partial charge on any atom is 0.319 e. The molecule has 0 aromatic rings. The summed E-state index contributed by atoms with van der Waals surface area (Å²) in [5.74, 6) is 0. The van der Waals surface area contributed by atoms with Crippen LogP contribution in [0.25, 0.3) is 0 Å². The number of nitrogens with zero attached hydrogens (tertiary/aromatic N) is 2. The van der Waals surface area contributed by atoms with Crippen LogP contribution in [0.4, 0.5) is 4.79 Å². The average Bonchev–Trinajstić information content (AvgIpc) is 2.59. The number of rotatable bonds is 16. The first kappa shape index (κ1) is 23.3. The molecule has 0 aliphatic rings. The van der Waals surface area contributed by atoms with Gasteiger partial charge in [-0.05, 0) is 25.7 Å². The molecule has 144 valence electrons. The maximum atomic E-state index is 13.1. The lowest BCUT2D eigenvalue weighted by Crippen LogP contribution is -2.45. The van der Waals surface area contributed by atoms with E-state index in [2.05, 4.69) is 37.5 Å². The summed E-state index contributed by atoms with van der Waals surface area (Å²) in [5, 5.41) is 0. The van der Waals surface area contributed by atoms with Gasteiger partial charge in [-0.3, -0.25) is 0 Å². The molecule has 3 heteroatoms. The highest BCUT2D eigenvalue weighted by Crippen LogP contribution is 2.10. The Kier molecular flexibility index (Phi) is 16.6. The molecule has 0 atom stereocenters. The molecule has 24 heavy (non-hydrogen) atoms. The molecule has 0 radical (unpaired) electrons. The summed E-state index contributed by atoms with van der Waals surface area (Å²) in [4.78, 5) is 17.4. The van der Waals surface area contributed by atoms with Gasteiger partial charge in [-0.1, -0.05) is 79.1 Å². The number of carbonyl (C=O) groups is 1. The van der Waals surface area contributed by atoms with Crippen LogP contribution in [0, 0.1) is 0 Å². The number of hydrogen-bond donors (Lipinski definition) is 0. The van der Waals surface area contributed by atoms with E-state index in [0.29, 0.717) is 6.03 Å². The highest BCUT2D eigenvalue weighted by atomic mass is 16.2. The van der Waals surface area contributed by atoms with Crippen molar-refractivity contribution >= 4 is 6.03 Å². The highest BCUT2D eigenvalue weighted by molar-refractivity contribution is 5.74.